The Morgan fingerprint density at radius 3 is 2.89 bits per heavy atom. The molecule has 0 aliphatic rings. The van der Waals surface area contributed by atoms with Crippen LogP contribution in [0.25, 0.3) is 10.9 Å². The highest BCUT2D eigenvalue weighted by Gasteiger charge is 2.13. The number of hydrogen-bond donors (Lipinski definition) is 0. The molecule has 0 bridgehead atoms. The van der Waals surface area contributed by atoms with Crippen molar-refractivity contribution < 1.29 is 13.9 Å². The van der Waals surface area contributed by atoms with Gasteiger partial charge in [-0.25, -0.2) is 13.8 Å². The van der Waals surface area contributed by atoms with Crippen molar-refractivity contribution >= 4 is 17.0 Å². The van der Waals surface area contributed by atoms with E-state index in [0.29, 0.717) is 17.5 Å². The van der Waals surface area contributed by atoms with Crippen LogP contribution >= 0.6 is 0 Å². The Kier molecular flexibility index (Phi) is 3.65. The Hall–Kier alpha value is -1.84. The molecule has 18 heavy (non-hydrogen) atoms. The number of carbonyl (C=O) groups excluding carboxylic acids is 1. The Morgan fingerprint density at radius 1 is 1.39 bits per heavy atom. The van der Waals surface area contributed by atoms with Crippen LogP contribution in [0, 0.1) is 12.7 Å². The standard InChI is InChI=1S/C14H16FNO2/c1-3-4-7-18-14(17)16-10(2)8-11-9-12(15)5-6-13(11)16/h5-6,8-9H,3-4,7H2,1-2H3. The van der Waals surface area contributed by atoms with Gasteiger partial charge in [-0.05, 0) is 37.6 Å². The molecule has 2 rings (SSSR count). The van der Waals surface area contributed by atoms with E-state index in [1.165, 1.54) is 16.7 Å². The first-order valence-corrected chi connectivity index (χ1v) is 6.08. The van der Waals surface area contributed by atoms with Gasteiger partial charge in [0.2, 0.25) is 0 Å². The van der Waals surface area contributed by atoms with Crippen LogP contribution in [0.1, 0.15) is 25.5 Å². The van der Waals surface area contributed by atoms with E-state index >= 15 is 0 Å². The van der Waals surface area contributed by atoms with Gasteiger partial charge in [0.1, 0.15) is 5.82 Å². The molecule has 1 heterocycles. The quantitative estimate of drug-likeness (QED) is 0.773. The number of nitrogens with zero attached hydrogens (tertiary/aromatic N) is 1. The maximum atomic E-state index is 13.1. The number of hydrogen-bond acceptors (Lipinski definition) is 2. The summed E-state index contributed by atoms with van der Waals surface area (Å²) in [6.07, 6.45) is 1.42. The van der Waals surface area contributed by atoms with Gasteiger partial charge in [0.15, 0.2) is 0 Å². The van der Waals surface area contributed by atoms with Gasteiger partial charge >= 0.3 is 6.09 Å². The van der Waals surface area contributed by atoms with Gasteiger partial charge in [0.25, 0.3) is 0 Å². The molecule has 0 spiro atoms. The van der Waals surface area contributed by atoms with Gasteiger partial charge in [0, 0.05) is 11.1 Å². The van der Waals surface area contributed by atoms with Gasteiger partial charge in [-0.1, -0.05) is 13.3 Å². The number of halogens is 1. The molecule has 96 valence electrons. The lowest BCUT2D eigenvalue weighted by atomic mass is 10.2. The second-order valence-electron chi connectivity index (χ2n) is 4.29. The lowest BCUT2D eigenvalue weighted by Crippen LogP contribution is -2.15. The van der Waals surface area contributed by atoms with Gasteiger partial charge < -0.3 is 4.74 Å². The minimum atomic E-state index is -0.400. The summed E-state index contributed by atoms with van der Waals surface area (Å²) in [5.74, 6) is -0.306. The maximum Gasteiger partial charge on any atom is 0.418 e. The summed E-state index contributed by atoms with van der Waals surface area (Å²) in [6.45, 7) is 4.25. The van der Waals surface area contributed by atoms with Crippen molar-refractivity contribution in [3.63, 3.8) is 0 Å². The van der Waals surface area contributed by atoms with Gasteiger partial charge in [-0.15, -0.1) is 0 Å². The zero-order chi connectivity index (χ0) is 13.1. The molecule has 0 unspecified atom stereocenters. The topological polar surface area (TPSA) is 31.2 Å². The summed E-state index contributed by atoms with van der Waals surface area (Å²) in [7, 11) is 0. The molecule has 0 aliphatic carbocycles. The largest absolute Gasteiger partial charge is 0.449 e. The van der Waals surface area contributed by atoms with E-state index in [0.717, 1.165) is 18.5 Å². The highest BCUT2D eigenvalue weighted by molar-refractivity contribution is 5.90. The molecule has 0 saturated carbocycles. The summed E-state index contributed by atoms with van der Waals surface area (Å²) >= 11 is 0. The number of aryl methyl sites for hydroxylation is 1. The third-order valence-electron chi connectivity index (χ3n) is 2.85. The van der Waals surface area contributed by atoms with Crippen LogP contribution in [0.4, 0.5) is 9.18 Å². The Bertz CT molecular complexity index is 574. The van der Waals surface area contributed by atoms with Crippen molar-refractivity contribution in [3.05, 3.63) is 35.8 Å². The fourth-order valence-corrected chi connectivity index (χ4v) is 1.93. The van der Waals surface area contributed by atoms with Gasteiger partial charge in [-0.3, -0.25) is 0 Å². The maximum absolute atomic E-state index is 13.1. The van der Waals surface area contributed by atoms with Gasteiger partial charge in [-0.2, -0.15) is 0 Å². The van der Waals surface area contributed by atoms with Crippen molar-refractivity contribution in [1.82, 2.24) is 4.57 Å². The fourth-order valence-electron chi connectivity index (χ4n) is 1.93. The zero-order valence-corrected chi connectivity index (χ0v) is 10.6. The summed E-state index contributed by atoms with van der Waals surface area (Å²) < 4.78 is 19.8. The second kappa shape index (κ2) is 5.21. The molecule has 3 nitrogen and oxygen atoms in total. The van der Waals surface area contributed by atoms with Crippen molar-refractivity contribution in [2.75, 3.05) is 6.61 Å². The molecule has 0 aliphatic heterocycles. The second-order valence-corrected chi connectivity index (χ2v) is 4.29. The molecule has 1 aromatic carbocycles. The van der Waals surface area contributed by atoms with E-state index in [9.17, 15) is 9.18 Å². The average Bonchev–Trinajstić information content (AvgIpc) is 2.64. The van der Waals surface area contributed by atoms with Crippen LogP contribution in [0.5, 0.6) is 0 Å². The predicted molar refractivity (Wildman–Crippen MR) is 68.3 cm³/mol. The summed E-state index contributed by atoms with van der Waals surface area (Å²) in [6, 6.07) is 6.13. The number of rotatable bonds is 3. The Balaban J connectivity index is 2.32. The number of unbranched alkanes of at least 4 members (excludes halogenated alkanes) is 1. The van der Waals surface area contributed by atoms with Gasteiger partial charge in [0.05, 0.1) is 12.1 Å². The van der Waals surface area contributed by atoms with Crippen LogP contribution < -0.4 is 0 Å². The molecular weight excluding hydrogens is 233 g/mol. The number of benzene rings is 1. The molecule has 1 aromatic heterocycles. The normalized spacial score (nSPS) is 10.8. The van der Waals surface area contributed by atoms with E-state index in [-0.39, 0.29) is 5.82 Å². The first-order valence-electron chi connectivity index (χ1n) is 6.08. The Labute approximate surface area is 105 Å². The SMILES string of the molecule is CCCCOC(=O)n1c(C)cc2cc(F)ccc21. The smallest absolute Gasteiger partial charge is 0.418 e. The summed E-state index contributed by atoms with van der Waals surface area (Å²) in [5, 5.41) is 0.708. The van der Waals surface area contributed by atoms with E-state index in [1.54, 1.807) is 19.1 Å². The Morgan fingerprint density at radius 2 is 2.17 bits per heavy atom. The molecule has 0 saturated heterocycles. The molecule has 4 heteroatoms. The number of aromatic nitrogens is 1. The minimum Gasteiger partial charge on any atom is -0.449 e. The van der Waals surface area contributed by atoms with E-state index in [1.807, 2.05) is 6.92 Å². The van der Waals surface area contributed by atoms with Crippen molar-refractivity contribution in [2.24, 2.45) is 0 Å². The molecular formula is C14H16FNO2. The third kappa shape index (κ3) is 2.37. The zero-order valence-electron chi connectivity index (χ0n) is 10.6. The van der Waals surface area contributed by atoms with Crippen molar-refractivity contribution in [1.29, 1.82) is 0 Å². The van der Waals surface area contributed by atoms with Crippen LogP contribution in [-0.2, 0) is 4.74 Å². The first kappa shape index (κ1) is 12.6. The van der Waals surface area contributed by atoms with Crippen LogP contribution in [0.2, 0.25) is 0 Å². The molecule has 0 fully saturated rings. The first-order chi connectivity index (χ1) is 8.63. The highest BCUT2D eigenvalue weighted by atomic mass is 19.1. The highest BCUT2D eigenvalue weighted by Crippen LogP contribution is 2.20. The fraction of sp³-hybridized carbons (Fsp3) is 0.357. The van der Waals surface area contributed by atoms with Crippen molar-refractivity contribution in [2.45, 2.75) is 26.7 Å². The monoisotopic (exact) mass is 249 g/mol. The molecule has 0 N–H and O–H groups in total. The molecule has 0 radical (unpaired) electrons. The number of fused-ring (bicyclic) bond motifs is 1. The summed E-state index contributed by atoms with van der Waals surface area (Å²) in [4.78, 5) is 11.9. The van der Waals surface area contributed by atoms with Crippen molar-refractivity contribution in [3.8, 4) is 0 Å². The minimum absolute atomic E-state index is 0.306. The van der Waals surface area contributed by atoms with Crippen LogP contribution in [0.3, 0.4) is 0 Å². The van der Waals surface area contributed by atoms with Crippen LogP contribution in [0.15, 0.2) is 24.3 Å². The number of ether oxygens (including phenoxy) is 1. The lowest BCUT2D eigenvalue weighted by Gasteiger charge is -2.07. The summed E-state index contributed by atoms with van der Waals surface area (Å²) in [5.41, 5.74) is 1.42. The van der Waals surface area contributed by atoms with E-state index in [2.05, 4.69) is 0 Å². The molecule has 0 atom stereocenters. The molecule has 0 amide bonds. The lowest BCUT2D eigenvalue weighted by molar-refractivity contribution is 0.147. The predicted octanol–water partition coefficient (Wildman–Crippen LogP) is 3.87. The average molecular weight is 249 g/mol. The van der Waals surface area contributed by atoms with E-state index in [4.69, 9.17) is 4.74 Å². The number of carbonyl (C=O) groups is 1. The third-order valence-corrected chi connectivity index (χ3v) is 2.85. The van der Waals surface area contributed by atoms with E-state index < -0.39 is 6.09 Å². The molecule has 2 aromatic rings. The van der Waals surface area contributed by atoms with Crippen LogP contribution in [-0.4, -0.2) is 17.3 Å².